The van der Waals surface area contributed by atoms with Gasteiger partial charge in [-0.1, -0.05) is 80.3 Å². The summed E-state index contributed by atoms with van der Waals surface area (Å²) < 4.78 is 29.1. The van der Waals surface area contributed by atoms with Gasteiger partial charge in [0, 0.05) is 4.88 Å². The van der Waals surface area contributed by atoms with E-state index in [1.165, 1.54) is 5.56 Å². The van der Waals surface area contributed by atoms with E-state index in [4.69, 9.17) is 0 Å². The molecule has 0 aliphatic carbocycles. The van der Waals surface area contributed by atoms with E-state index in [9.17, 15) is 8.42 Å². The molecule has 0 saturated heterocycles. The lowest BCUT2D eigenvalue weighted by atomic mass is 10.1. The summed E-state index contributed by atoms with van der Waals surface area (Å²) in [5.41, 5.74) is 2.49. The van der Waals surface area contributed by atoms with Gasteiger partial charge in [-0.15, -0.1) is 0 Å². The molecule has 0 spiro atoms. The number of hydrogen-bond donors (Lipinski definition) is 0. The molecule has 2 aromatic carbocycles. The standard InChI is InChI=1S/C18H17NO2S4/c1-2-6-14-9-11-15(12-10-14)17-13-18(24-23-17)22-19-25(20,21)16-7-4-3-5-8-16/h3-5,7-13H,2,6H2,1H3. The molecule has 3 rings (SSSR count). The summed E-state index contributed by atoms with van der Waals surface area (Å²) in [5, 5.41) is 0. The molecule has 0 atom stereocenters. The van der Waals surface area contributed by atoms with Crippen LogP contribution in [0.1, 0.15) is 18.9 Å². The average Bonchev–Trinajstić information content (AvgIpc) is 3.11. The average molecular weight is 408 g/mol. The van der Waals surface area contributed by atoms with E-state index in [2.05, 4.69) is 35.0 Å². The summed E-state index contributed by atoms with van der Waals surface area (Å²) >= 11 is 1.01. The van der Waals surface area contributed by atoms with Crippen LogP contribution < -0.4 is 0 Å². The lowest BCUT2D eigenvalue weighted by molar-refractivity contribution is 0.598. The minimum absolute atomic E-state index is 0.217. The van der Waals surface area contributed by atoms with Gasteiger partial charge in [-0.05, 0) is 46.9 Å². The van der Waals surface area contributed by atoms with Crippen LogP contribution in [0, 0.1) is 3.82 Å². The van der Waals surface area contributed by atoms with Gasteiger partial charge < -0.3 is 0 Å². The van der Waals surface area contributed by atoms with Crippen LogP contribution >= 0.6 is 20.7 Å². The van der Waals surface area contributed by atoms with Gasteiger partial charge in [-0.3, -0.25) is 0 Å². The Hall–Kier alpha value is -1.54. The number of sulfonamides is 1. The first kappa shape index (κ1) is 18.3. The van der Waals surface area contributed by atoms with Crippen molar-refractivity contribution in [3.8, 4) is 10.4 Å². The molecule has 0 aliphatic heterocycles. The Morgan fingerprint density at radius 1 is 1.00 bits per heavy atom. The first-order valence-corrected chi connectivity index (χ1v) is 12.2. The van der Waals surface area contributed by atoms with E-state index < -0.39 is 10.0 Å². The molecule has 3 aromatic rings. The second-order valence-electron chi connectivity index (χ2n) is 5.40. The van der Waals surface area contributed by atoms with Crippen LogP contribution in [0.3, 0.4) is 0 Å². The van der Waals surface area contributed by atoms with Crippen LogP contribution in [0.5, 0.6) is 0 Å². The van der Waals surface area contributed by atoms with Gasteiger partial charge in [0.25, 0.3) is 10.0 Å². The molecule has 0 unspecified atom stereocenters. The third kappa shape index (κ3) is 4.76. The molecular formula is C18H17NO2S4. The highest BCUT2D eigenvalue weighted by Crippen LogP contribution is 2.29. The molecule has 7 heteroatoms. The minimum atomic E-state index is -3.63. The third-order valence-corrected chi connectivity index (χ3v) is 8.77. The monoisotopic (exact) mass is 407 g/mol. The second-order valence-corrected chi connectivity index (χ2v) is 10.5. The Kier molecular flexibility index (Phi) is 6.01. The predicted molar refractivity (Wildman–Crippen MR) is 108 cm³/mol. The number of aryl methyl sites for hydroxylation is 1. The van der Waals surface area contributed by atoms with Gasteiger partial charge in [0.15, 0.2) is 0 Å². The van der Waals surface area contributed by atoms with Gasteiger partial charge >= 0.3 is 0 Å². The molecular weight excluding hydrogens is 390 g/mol. The maximum atomic E-state index is 12.2. The largest absolute Gasteiger partial charge is 0.292 e. The molecule has 3 nitrogen and oxygen atoms in total. The topological polar surface area (TPSA) is 46.5 Å². The van der Waals surface area contributed by atoms with Crippen LogP contribution in [0.25, 0.3) is 10.4 Å². The summed E-state index contributed by atoms with van der Waals surface area (Å²) in [4.78, 5) is 1.34. The molecule has 0 fully saturated rings. The summed E-state index contributed by atoms with van der Waals surface area (Å²) in [5.74, 6) is 0. The maximum Gasteiger partial charge on any atom is 0.292 e. The maximum absolute atomic E-state index is 12.2. The molecule has 1 heterocycles. The van der Waals surface area contributed by atoms with Crippen molar-refractivity contribution in [1.29, 1.82) is 0 Å². The summed E-state index contributed by atoms with van der Waals surface area (Å²) in [6.45, 7) is 2.17. The van der Waals surface area contributed by atoms with Crippen LogP contribution in [0.15, 0.2) is 69.3 Å². The molecule has 0 amide bonds. The van der Waals surface area contributed by atoms with Crippen molar-refractivity contribution in [3.63, 3.8) is 0 Å². The Balaban J connectivity index is 1.89. The fourth-order valence-electron chi connectivity index (χ4n) is 2.26. The zero-order chi connectivity index (χ0) is 17.7. The molecule has 0 radical (unpaired) electrons. The Morgan fingerprint density at radius 2 is 1.72 bits per heavy atom. The predicted octanol–water partition coefficient (Wildman–Crippen LogP) is 5.62. The summed E-state index contributed by atoms with van der Waals surface area (Å²) in [7, 11) is -0.451. The highest BCUT2D eigenvalue weighted by Gasteiger charge is 2.10. The zero-order valence-corrected chi connectivity index (χ0v) is 16.9. The molecule has 25 heavy (non-hydrogen) atoms. The van der Waals surface area contributed by atoms with E-state index in [1.54, 1.807) is 51.0 Å². The van der Waals surface area contributed by atoms with Gasteiger partial charge in [0.1, 0.15) is 3.82 Å². The Bertz CT molecular complexity index is 1040. The molecule has 0 N–H and O–H groups in total. The SMILES string of the molecule is CCCc1ccc(-c2cc(=S=NS(=O)(=O)c3ccccc3)ss2)cc1. The highest BCUT2D eigenvalue weighted by molar-refractivity contribution is 7.94. The fraction of sp³-hybridized carbons (Fsp3) is 0.167. The Labute approximate surface area is 158 Å². The molecule has 0 bridgehead atoms. The van der Waals surface area contributed by atoms with Crippen molar-refractivity contribution < 1.29 is 8.42 Å². The third-order valence-electron chi connectivity index (χ3n) is 3.51. The van der Waals surface area contributed by atoms with Crippen molar-refractivity contribution in [1.82, 2.24) is 0 Å². The van der Waals surface area contributed by atoms with Crippen molar-refractivity contribution in [3.05, 3.63) is 70.1 Å². The second kappa shape index (κ2) is 8.23. The first-order valence-electron chi connectivity index (χ1n) is 7.80. The van der Waals surface area contributed by atoms with Gasteiger partial charge in [-0.2, -0.15) is 8.42 Å². The molecule has 130 valence electrons. The van der Waals surface area contributed by atoms with Crippen molar-refractivity contribution in [2.75, 3.05) is 0 Å². The smallest absolute Gasteiger partial charge is 0.198 e. The normalized spacial score (nSPS) is 11.2. The van der Waals surface area contributed by atoms with Crippen LogP contribution in [0.4, 0.5) is 0 Å². The van der Waals surface area contributed by atoms with Crippen LogP contribution in [-0.4, -0.2) is 8.42 Å². The number of rotatable bonds is 5. The lowest BCUT2D eigenvalue weighted by Crippen LogP contribution is -1.94. The number of benzene rings is 2. The molecule has 0 saturated carbocycles. The van der Waals surface area contributed by atoms with E-state index >= 15 is 0 Å². The van der Waals surface area contributed by atoms with E-state index in [1.807, 2.05) is 6.07 Å². The highest BCUT2D eigenvalue weighted by atomic mass is 32.9. The van der Waals surface area contributed by atoms with Gasteiger partial charge in [-0.25, -0.2) is 0 Å². The lowest BCUT2D eigenvalue weighted by Gasteiger charge is -2.00. The molecule has 1 aromatic heterocycles. The van der Waals surface area contributed by atoms with E-state index in [0.29, 0.717) is 0 Å². The van der Waals surface area contributed by atoms with Crippen molar-refractivity contribution in [2.45, 2.75) is 24.7 Å². The van der Waals surface area contributed by atoms with Crippen molar-refractivity contribution in [2.24, 2.45) is 3.77 Å². The Morgan fingerprint density at radius 3 is 2.40 bits per heavy atom. The van der Waals surface area contributed by atoms with Crippen molar-refractivity contribution >= 4 is 41.9 Å². The number of hydrogen-bond acceptors (Lipinski definition) is 4. The number of nitrogens with zero attached hydrogens (tertiary/aromatic N) is 1. The summed E-state index contributed by atoms with van der Waals surface area (Å²) in [6.07, 6.45) is 2.23. The van der Waals surface area contributed by atoms with E-state index in [0.717, 1.165) is 38.3 Å². The quantitative estimate of drug-likeness (QED) is 0.407. The van der Waals surface area contributed by atoms with E-state index in [-0.39, 0.29) is 4.90 Å². The minimum Gasteiger partial charge on any atom is -0.198 e. The summed E-state index contributed by atoms with van der Waals surface area (Å²) in [6, 6.07) is 18.8. The van der Waals surface area contributed by atoms with Crippen LogP contribution in [-0.2, 0) is 27.6 Å². The first-order chi connectivity index (χ1) is 12.1. The zero-order valence-electron chi connectivity index (χ0n) is 13.6. The van der Waals surface area contributed by atoms with Gasteiger partial charge in [0.05, 0.1) is 4.90 Å². The fourth-order valence-corrected chi connectivity index (χ4v) is 6.92. The van der Waals surface area contributed by atoms with Gasteiger partial charge in [0.2, 0.25) is 0 Å². The van der Waals surface area contributed by atoms with Crippen LogP contribution in [0.2, 0.25) is 0 Å². The molecule has 0 aliphatic rings.